The average Bonchev–Trinajstić information content (AvgIpc) is 2.47. The summed E-state index contributed by atoms with van der Waals surface area (Å²) in [4.78, 5) is 12.4. The summed E-state index contributed by atoms with van der Waals surface area (Å²) in [5.74, 6) is -1.20. The lowest BCUT2D eigenvalue weighted by atomic mass is 9.96. The van der Waals surface area contributed by atoms with E-state index in [4.69, 9.17) is 17.3 Å². The summed E-state index contributed by atoms with van der Waals surface area (Å²) in [6.07, 6.45) is 0.547. The lowest BCUT2D eigenvalue weighted by Crippen LogP contribution is -2.14. The van der Waals surface area contributed by atoms with Gasteiger partial charge in [0.15, 0.2) is 5.78 Å². The number of benzene rings is 2. The van der Waals surface area contributed by atoms with Gasteiger partial charge in [0.2, 0.25) is 0 Å². The molecule has 0 fully saturated rings. The molecule has 21 heavy (non-hydrogen) atoms. The molecule has 2 aromatic rings. The van der Waals surface area contributed by atoms with Gasteiger partial charge in [0, 0.05) is 17.2 Å². The maximum Gasteiger partial charge on any atom is 0.197 e. The van der Waals surface area contributed by atoms with E-state index in [1.54, 1.807) is 0 Å². The monoisotopic (exact) mass is 307 g/mol. The van der Waals surface area contributed by atoms with E-state index in [2.05, 4.69) is 0 Å². The van der Waals surface area contributed by atoms with Crippen molar-refractivity contribution in [1.82, 2.24) is 0 Å². The highest BCUT2D eigenvalue weighted by atomic mass is 35.5. The Labute approximate surface area is 127 Å². The maximum atomic E-state index is 14.6. The zero-order valence-electron chi connectivity index (χ0n) is 11.4. The third kappa shape index (κ3) is 3.06. The molecule has 0 amide bonds. The van der Waals surface area contributed by atoms with Crippen molar-refractivity contribution in [3.05, 3.63) is 63.9 Å². The van der Waals surface area contributed by atoms with Crippen LogP contribution in [0.4, 0.5) is 4.39 Å². The van der Waals surface area contributed by atoms with E-state index in [1.807, 2.05) is 6.92 Å². The number of phenolic OH excluding ortho intramolecular Hbond substituents is 1. The van der Waals surface area contributed by atoms with E-state index >= 15 is 0 Å². The third-order valence-corrected chi connectivity index (χ3v) is 3.63. The van der Waals surface area contributed by atoms with Gasteiger partial charge in [-0.1, -0.05) is 24.6 Å². The number of carbonyl (C=O) groups excluding carboxylic acids is 1. The van der Waals surface area contributed by atoms with Crippen LogP contribution in [-0.4, -0.2) is 10.9 Å². The molecule has 1 unspecified atom stereocenters. The quantitative estimate of drug-likeness (QED) is 0.844. The summed E-state index contributed by atoms with van der Waals surface area (Å²) in [5.41, 5.74) is 6.17. The fraction of sp³-hybridized carbons (Fsp3) is 0.188. The second-order valence-electron chi connectivity index (χ2n) is 4.72. The van der Waals surface area contributed by atoms with Crippen molar-refractivity contribution in [2.45, 2.75) is 19.4 Å². The van der Waals surface area contributed by atoms with Crippen LogP contribution in [0.15, 0.2) is 36.4 Å². The fourth-order valence-corrected chi connectivity index (χ4v) is 2.27. The van der Waals surface area contributed by atoms with Crippen molar-refractivity contribution in [2.75, 3.05) is 0 Å². The van der Waals surface area contributed by atoms with Gasteiger partial charge in [-0.2, -0.15) is 0 Å². The van der Waals surface area contributed by atoms with Gasteiger partial charge in [-0.15, -0.1) is 0 Å². The molecule has 3 nitrogen and oxygen atoms in total. The fourth-order valence-electron chi connectivity index (χ4n) is 2.04. The van der Waals surface area contributed by atoms with Crippen LogP contribution in [0.1, 0.15) is 40.9 Å². The molecule has 0 aliphatic rings. The van der Waals surface area contributed by atoms with E-state index in [9.17, 15) is 14.3 Å². The Kier molecular flexibility index (Phi) is 4.60. The van der Waals surface area contributed by atoms with Crippen LogP contribution in [0.3, 0.4) is 0 Å². The Morgan fingerprint density at radius 1 is 1.29 bits per heavy atom. The number of hydrogen-bond acceptors (Lipinski definition) is 3. The van der Waals surface area contributed by atoms with E-state index in [0.717, 1.165) is 0 Å². The van der Waals surface area contributed by atoms with E-state index in [0.29, 0.717) is 6.42 Å². The minimum Gasteiger partial charge on any atom is -0.508 e. The summed E-state index contributed by atoms with van der Waals surface area (Å²) >= 11 is 5.97. The number of rotatable bonds is 4. The van der Waals surface area contributed by atoms with Crippen molar-refractivity contribution in [1.29, 1.82) is 0 Å². The number of carbonyl (C=O) groups is 1. The molecule has 0 bridgehead atoms. The molecule has 0 spiro atoms. The van der Waals surface area contributed by atoms with Gasteiger partial charge in [0.05, 0.1) is 10.6 Å². The number of nitrogens with two attached hydrogens (primary N) is 1. The van der Waals surface area contributed by atoms with Crippen molar-refractivity contribution in [2.24, 2.45) is 5.73 Å². The SMILES string of the molecule is CCC(N)c1ccc(Cl)c(C(=O)c2ccc(O)cc2)c1F. The van der Waals surface area contributed by atoms with Crippen molar-refractivity contribution < 1.29 is 14.3 Å². The molecule has 0 aliphatic carbocycles. The Morgan fingerprint density at radius 3 is 2.48 bits per heavy atom. The Balaban J connectivity index is 2.52. The number of aromatic hydroxyl groups is 1. The Bertz CT molecular complexity index is 671. The normalized spacial score (nSPS) is 12.2. The number of halogens is 2. The lowest BCUT2D eigenvalue weighted by molar-refractivity contribution is 0.103. The minimum absolute atomic E-state index is 0.0277. The average molecular weight is 308 g/mol. The molecule has 0 aromatic heterocycles. The highest BCUT2D eigenvalue weighted by Crippen LogP contribution is 2.29. The number of ketones is 1. The second-order valence-corrected chi connectivity index (χ2v) is 5.12. The van der Waals surface area contributed by atoms with E-state index in [1.165, 1.54) is 36.4 Å². The molecule has 110 valence electrons. The highest BCUT2D eigenvalue weighted by Gasteiger charge is 2.22. The van der Waals surface area contributed by atoms with Crippen LogP contribution >= 0.6 is 11.6 Å². The molecule has 0 radical (unpaired) electrons. The van der Waals surface area contributed by atoms with Crippen LogP contribution < -0.4 is 5.73 Å². The predicted molar refractivity (Wildman–Crippen MR) is 80.2 cm³/mol. The predicted octanol–water partition coefficient (Wildman–Crippen LogP) is 3.83. The van der Waals surface area contributed by atoms with Gasteiger partial charge in [0.1, 0.15) is 11.6 Å². The van der Waals surface area contributed by atoms with Crippen molar-refractivity contribution in [3.8, 4) is 5.75 Å². The zero-order valence-corrected chi connectivity index (χ0v) is 12.2. The largest absolute Gasteiger partial charge is 0.508 e. The maximum absolute atomic E-state index is 14.6. The van der Waals surface area contributed by atoms with Crippen LogP contribution in [-0.2, 0) is 0 Å². The number of hydrogen-bond donors (Lipinski definition) is 2. The Morgan fingerprint density at radius 2 is 1.90 bits per heavy atom. The highest BCUT2D eigenvalue weighted by molar-refractivity contribution is 6.35. The van der Waals surface area contributed by atoms with Crippen molar-refractivity contribution in [3.63, 3.8) is 0 Å². The summed E-state index contributed by atoms with van der Waals surface area (Å²) in [6.45, 7) is 1.83. The molecule has 3 N–H and O–H groups in total. The van der Waals surface area contributed by atoms with Gasteiger partial charge in [-0.3, -0.25) is 4.79 Å². The van der Waals surface area contributed by atoms with Gasteiger partial charge >= 0.3 is 0 Å². The molecule has 0 heterocycles. The molecule has 2 aromatic carbocycles. The van der Waals surface area contributed by atoms with Gasteiger partial charge in [-0.05, 0) is 36.8 Å². The molecule has 2 rings (SSSR count). The molecular formula is C16H15ClFNO2. The van der Waals surface area contributed by atoms with E-state index in [-0.39, 0.29) is 27.5 Å². The number of phenols is 1. The zero-order chi connectivity index (χ0) is 15.6. The van der Waals surface area contributed by atoms with Gasteiger partial charge in [-0.25, -0.2) is 4.39 Å². The minimum atomic E-state index is -0.685. The van der Waals surface area contributed by atoms with Gasteiger partial charge < -0.3 is 10.8 Å². The van der Waals surface area contributed by atoms with Crippen LogP contribution in [0, 0.1) is 5.82 Å². The van der Waals surface area contributed by atoms with Gasteiger partial charge in [0.25, 0.3) is 0 Å². The summed E-state index contributed by atoms with van der Waals surface area (Å²) in [5, 5.41) is 9.28. The smallest absolute Gasteiger partial charge is 0.197 e. The lowest BCUT2D eigenvalue weighted by Gasteiger charge is -2.14. The second kappa shape index (κ2) is 6.24. The van der Waals surface area contributed by atoms with Crippen LogP contribution in [0.5, 0.6) is 5.75 Å². The molecule has 0 aliphatic heterocycles. The molecule has 1 atom stereocenters. The van der Waals surface area contributed by atoms with Crippen molar-refractivity contribution >= 4 is 17.4 Å². The molecule has 0 saturated carbocycles. The standard InChI is InChI=1S/C16H15ClFNO2/c1-2-13(19)11-7-8-12(17)14(15(11)18)16(21)9-3-5-10(20)6-4-9/h3-8,13,20H,2,19H2,1H3. The van der Waals surface area contributed by atoms with E-state index < -0.39 is 17.6 Å². The first-order valence-electron chi connectivity index (χ1n) is 6.53. The molecule has 0 saturated heterocycles. The summed E-state index contributed by atoms with van der Waals surface area (Å²) < 4.78 is 14.6. The topological polar surface area (TPSA) is 63.3 Å². The third-order valence-electron chi connectivity index (χ3n) is 3.32. The summed E-state index contributed by atoms with van der Waals surface area (Å²) in [6, 6.07) is 8.04. The first-order valence-corrected chi connectivity index (χ1v) is 6.90. The first-order chi connectivity index (χ1) is 9.95. The molecular weight excluding hydrogens is 293 g/mol. The summed E-state index contributed by atoms with van der Waals surface area (Å²) in [7, 11) is 0. The molecule has 5 heteroatoms. The van der Waals surface area contributed by atoms with Crippen LogP contribution in [0.25, 0.3) is 0 Å². The Hall–Kier alpha value is -1.91. The first kappa shape index (κ1) is 15.5. The van der Waals surface area contributed by atoms with Crippen LogP contribution in [0.2, 0.25) is 5.02 Å².